The van der Waals surface area contributed by atoms with Crippen molar-refractivity contribution in [3.8, 4) is 11.5 Å². The number of rotatable bonds is 2. The average molecular weight is 380 g/mol. The monoisotopic (exact) mass is 380 g/mol. The molecule has 5 nitrogen and oxygen atoms in total. The molecular weight excluding hydrogens is 370 g/mol. The summed E-state index contributed by atoms with van der Waals surface area (Å²) in [6.07, 6.45) is 0. The molecular formula is C21H10F2O5. The van der Waals surface area contributed by atoms with Gasteiger partial charge in [0.1, 0.15) is 11.6 Å². The Balaban J connectivity index is 1.75. The topological polar surface area (TPSA) is 80.7 Å². The maximum Gasteiger partial charge on any atom is 0.343 e. The number of phenols is 1. The summed E-state index contributed by atoms with van der Waals surface area (Å²) >= 11 is 0. The molecule has 1 aliphatic rings. The molecule has 7 heteroatoms. The number of esters is 1. The first kappa shape index (κ1) is 17.5. The molecule has 0 bridgehead atoms. The fourth-order valence-electron chi connectivity index (χ4n) is 3.06. The lowest BCUT2D eigenvalue weighted by Gasteiger charge is -2.19. The maximum atomic E-state index is 13.3. The third-order valence-corrected chi connectivity index (χ3v) is 4.33. The first-order valence-electron chi connectivity index (χ1n) is 8.09. The maximum absolute atomic E-state index is 13.3. The fourth-order valence-corrected chi connectivity index (χ4v) is 3.06. The van der Waals surface area contributed by atoms with Crippen molar-refractivity contribution in [1.82, 2.24) is 0 Å². The predicted octanol–water partition coefficient (Wildman–Crippen LogP) is 3.67. The highest BCUT2D eigenvalue weighted by Crippen LogP contribution is 2.38. The molecule has 0 saturated carbocycles. The Morgan fingerprint density at radius 1 is 0.821 bits per heavy atom. The number of carbonyl (C=O) groups is 3. The number of carbonyl (C=O) groups excluding carboxylic acids is 3. The van der Waals surface area contributed by atoms with Crippen molar-refractivity contribution in [3.63, 3.8) is 0 Å². The van der Waals surface area contributed by atoms with Crippen molar-refractivity contribution in [2.24, 2.45) is 0 Å². The first-order chi connectivity index (χ1) is 13.4. The van der Waals surface area contributed by atoms with E-state index in [0.29, 0.717) is 6.07 Å². The molecule has 0 saturated heterocycles. The van der Waals surface area contributed by atoms with E-state index in [2.05, 4.69) is 0 Å². The third kappa shape index (κ3) is 2.73. The van der Waals surface area contributed by atoms with Crippen molar-refractivity contribution < 1.29 is 33.0 Å². The van der Waals surface area contributed by atoms with Gasteiger partial charge in [-0.1, -0.05) is 24.3 Å². The summed E-state index contributed by atoms with van der Waals surface area (Å²) < 4.78 is 31.6. The highest BCUT2D eigenvalue weighted by atomic mass is 19.1. The predicted molar refractivity (Wildman–Crippen MR) is 92.7 cm³/mol. The molecule has 0 atom stereocenters. The highest BCUT2D eigenvalue weighted by molar-refractivity contribution is 6.29. The summed E-state index contributed by atoms with van der Waals surface area (Å²) in [5.41, 5.74) is -0.412. The van der Waals surface area contributed by atoms with Crippen LogP contribution in [-0.2, 0) is 0 Å². The van der Waals surface area contributed by atoms with Crippen LogP contribution in [0.25, 0.3) is 0 Å². The molecule has 4 rings (SSSR count). The molecule has 3 aromatic rings. The van der Waals surface area contributed by atoms with Crippen LogP contribution in [0.1, 0.15) is 42.2 Å². The van der Waals surface area contributed by atoms with Crippen molar-refractivity contribution in [1.29, 1.82) is 0 Å². The van der Waals surface area contributed by atoms with E-state index >= 15 is 0 Å². The lowest BCUT2D eigenvalue weighted by molar-refractivity contribution is 0.0727. The van der Waals surface area contributed by atoms with Crippen molar-refractivity contribution in [2.75, 3.05) is 0 Å². The Bertz CT molecular complexity index is 1160. The van der Waals surface area contributed by atoms with Gasteiger partial charge in [-0.2, -0.15) is 0 Å². The minimum absolute atomic E-state index is 0.0298. The summed E-state index contributed by atoms with van der Waals surface area (Å²) in [5, 5.41) is 10.5. The number of aromatic hydroxyl groups is 1. The van der Waals surface area contributed by atoms with Crippen LogP contribution in [0.2, 0.25) is 0 Å². The van der Waals surface area contributed by atoms with Crippen LogP contribution in [-0.4, -0.2) is 22.6 Å². The van der Waals surface area contributed by atoms with Crippen LogP contribution in [0.5, 0.6) is 11.5 Å². The van der Waals surface area contributed by atoms with E-state index in [1.165, 1.54) is 18.2 Å². The number of ketones is 2. The second kappa shape index (κ2) is 6.38. The van der Waals surface area contributed by atoms with Gasteiger partial charge in [0.2, 0.25) is 0 Å². The van der Waals surface area contributed by atoms with Gasteiger partial charge in [0.25, 0.3) is 0 Å². The number of hydrogen-bond acceptors (Lipinski definition) is 5. The van der Waals surface area contributed by atoms with Gasteiger partial charge in [-0.3, -0.25) is 9.59 Å². The van der Waals surface area contributed by atoms with E-state index in [0.717, 1.165) is 18.2 Å². The smallest absolute Gasteiger partial charge is 0.343 e. The van der Waals surface area contributed by atoms with Crippen molar-refractivity contribution in [2.45, 2.75) is 0 Å². The molecule has 1 N–H and O–H groups in total. The van der Waals surface area contributed by atoms with Gasteiger partial charge in [0.05, 0.1) is 11.1 Å². The molecule has 0 heterocycles. The number of phenolic OH excluding ortho intramolecular Hbond substituents is 1. The number of halogens is 2. The van der Waals surface area contributed by atoms with Gasteiger partial charge in [0, 0.05) is 22.8 Å². The molecule has 0 aliphatic heterocycles. The Morgan fingerprint density at radius 3 is 2.07 bits per heavy atom. The largest absolute Gasteiger partial charge is 0.504 e. The summed E-state index contributed by atoms with van der Waals surface area (Å²) in [4.78, 5) is 37.5. The van der Waals surface area contributed by atoms with Crippen LogP contribution in [0.3, 0.4) is 0 Å². The third-order valence-electron chi connectivity index (χ3n) is 4.33. The zero-order valence-corrected chi connectivity index (χ0v) is 14.0. The van der Waals surface area contributed by atoms with Crippen LogP contribution in [0.15, 0.2) is 54.6 Å². The second-order valence-corrected chi connectivity index (χ2v) is 6.09. The molecule has 138 valence electrons. The minimum Gasteiger partial charge on any atom is -0.504 e. The molecule has 0 aromatic heterocycles. The normalized spacial score (nSPS) is 12.4. The second-order valence-electron chi connectivity index (χ2n) is 6.09. The van der Waals surface area contributed by atoms with Crippen molar-refractivity contribution in [3.05, 3.63) is 94.0 Å². The zero-order valence-electron chi connectivity index (χ0n) is 14.0. The number of benzene rings is 3. The molecule has 1 aliphatic carbocycles. The van der Waals surface area contributed by atoms with Gasteiger partial charge >= 0.3 is 5.97 Å². The van der Waals surface area contributed by atoms with Gasteiger partial charge < -0.3 is 9.84 Å². The Kier molecular flexibility index (Phi) is 4.00. The fraction of sp³-hybridized carbons (Fsp3) is 0. The Morgan fingerprint density at radius 2 is 1.43 bits per heavy atom. The standard InChI is InChI=1S/C21H10F2O5/c22-11-7-10(8-12(23)9-11)21(27)28-16-6-5-15-17(20(16)26)19(25)14-4-2-1-3-13(14)18(15)24/h1-9,26H. The van der Waals surface area contributed by atoms with Gasteiger partial charge in [-0.15, -0.1) is 0 Å². The molecule has 0 fully saturated rings. The van der Waals surface area contributed by atoms with Crippen LogP contribution >= 0.6 is 0 Å². The lowest BCUT2D eigenvalue weighted by Crippen LogP contribution is -2.21. The van der Waals surface area contributed by atoms with E-state index in [1.807, 2.05) is 0 Å². The van der Waals surface area contributed by atoms with Gasteiger partial charge in [-0.05, 0) is 24.3 Å². The molecule has 0 unspecified atom stereocenters. The van der Waals surface area contributed by atoms with Crippen molar-refractivity contribution >= 4 is 17.5 Å². The summed E-state index contributed by atoms with van der Waals surface area (Å²) in [7, 11) is 0. The summed E-state index contributed by atoms with van der Waals surface area (Å²) in [6.45, 7) is 0. The van der Waals surface area contributed by atoms with E-state index in [-0.39, 0.29) is 22.3 Å². The minimum atomic E-state index is -1.14. The quantitative estimate of drug-likeness (QED) is 0.424. The molecule has 0 amide bonds. The van der Waals surface area contributed by atoms with Gasteiger partial charge in [0.15, 0.2) is 23.1 Å². The van der Waals surface area contributed by atoms with Gasteiger partial charge in [-0.25, -0.2) is 13.6 Å². The van der Waals surface area contributed by atoms with E-state index in [1.54, 1.807) is 12.1 Å². The summed E-state index contributed by atoms with van der Waals surface area (Å²) in [5.74, 6) is -5.24. The SMILES string of the molecule is O=C(Oc1ccc2c(c1O)C(=O)c1ccccc1C2=O)c1cc(F)cc(F)c1. The van der Waals surface area contributed by atoms with Crippen LogP contribution in [0.4, 0.5) is 8.78 Å². The molecule has 0 radical (unpaired) electrons. The molecule has 3 aromatic carbocycles. The van der Waals surface area contributed by atoms with E-state index in [9.17, 15) is 28.3 Å². The zero-order chi connectivity index (χ0) is 20.0. The van der Waals surface area contributed by atoms with Crippen LogP contribution in [0, 0.1) is 11.6 Å². The van der Waals surface area contributed by atoms with Crippen LogP contribution < -0.4 is 4.74 Å². The Hall–Kier alpha value is -3.87. The number of hydrogen-bond donors (Lipinski definition) is 1. The molecule has 0 spiro atoms. The number of fused-ring (bicyclic) bond motifs is 2. The highest BCUT2D eigenvalue weighted by Gasteiger charge is 2.33. The molecule has 28 heavy (non-hydrogen) atoms. The average Bonchev–Trinajstić information content (AvgIpc) is 2.67. The lowest BCUT2D eigenvalue weighted by atomic mass is 9.83. The van der Waals surface area contributed by atoms with E-state index < -0.39 is 46.2 Å². The Labute approximate surface area is 156 Å². The summed E-state index contributed by atoms with van der Waals surface area (Å²) in [6, 6.07) is 10.7. The first-order valence-corrected chi connectivity index (χ1v) is 8.09. The van der Waals surface area contributed by atoms with E-state index in [4.69, 9.17) is 4.74 Å². The number of ether oxygens (including phenoxy) is 1.